The number of nitrogens with zero attached hydrogens (tertiary/aromatic N) is 1. The van der Waals surface area contributed by atoms with Crippen LogP contribution in [0.15, 0.2) is 36.4 Å². The van der Waals surface area contributed by atoms with Crippen LogP contribution in [0, 0.1) is 5.82 Å². The number of hydrogen-bond acceptors (Lipinski definition) is 2. The summed E-state index contributed by atoms with van der Waals surface area (Å²) in [7, 11) is 0. The van der Waals surface area contributed by atoms with Crippen molar-refractivity contribution in [3.8, 4) is 0 Å². The molecule has 2 rings (SSSR count). The van der Waals surface area contributed by atoms with Gasteiger partial charge in [-0.25, -0.2) is 4.39 Å². The molecule has 1 heterocycles. The van der Waals surface area contributed by atoms with E-state index < -0.39 is 0 Å². The van der Waals surface area contributed by atoms with E-state index in [1.165, 1.54) is 11.1 Å². The predicted octanol–water partition coefficient (Wildman–Crippen LogP) is 3.58. The summed E-state index contributed by atoms with van der Waals surface area (Å²) in [5.41, 5.74) is 2.35. The first-order valence-electron chi connectivity index (χ1n) is 6.51. The molecule has 0 bridgehead atoms. The van der Waals surface area contributed by atoms with Crippen LogP contribution in [-0.2, 0) is 0 Å². The first-order valence-corrected chi connectivity index (χ1v) is 6.51. The third-order valence-corrected chi connectivity index (χ3v) is 3.39. The third-order valence-electron chi connectivity index (χ3n) is 3.39. The Morgan fingerprint density at radius 3 is 2.30 bits per heavy atom. The maximum atomic E-state index is 13.0. The fraction of sp³-hybridized carbons (Fsp3) is 0.467. The van der Waals surface area contributed by atoms with E-state index >= 15 is 0 Å². The summed E-state index contributed by atoms with van der Waals surface area (Å²) in [4.78, 5) is 2.46. The predicted molar refractivity (Wildman–Crippen MR) is 87.5 cm³/mol. The standard InChI is InChI=1S/C15H21FN2.2ClH/c1-12(2)11-15(18-9-7-17-8-10-18)13-3-5-14(16)6-4-13;;/h3-6,15,17H,1,7-11H2,2H3;2*1H/t15-;;/m1../s1. The van der Waals surface area contributed by atoms with Crippen LogP contribution < -0.4 is 5.32 Å². The van der Waals surface area contributed by atoms with Gasteiger partial charge >= 0.3 is 0 Å². The number of rotatable bonds is 4. The zero-order valence-corrected chi connectivity index (χ0v) is 13.4. The molecule has 1 N–H and O–H groups in total. The molecule has 0 spiro atoms. The van der Waals surface area contributed by atoms with E-state index in [2.05, 4.69) is 23.7 Å². The summed E-state index contributed by atoms with van der Waals surface area (Å²) in [5.74, 6) is -0.173. The number of piperazine rings is 1. The first kappa shape index (κ1) is 19.4. The van der Waals surface area contributed by atoms with Crippen molar-refractivity contribution >= 4 is 24.8 Å². The lowest BCUT2D eigenvalue weighted by molar-refractivity contribution is 0.172. The van der Waals surface area contributed by atoms with Crippen molar-refractivity contribution in [2.45, 2.75) is 19.4 Å². The lowest BCUT2D eigenvalue weighted by atomic mass is 9.98. The minimum atomic E-state index is -0.173. The molecule has 1 aromatic carbocycles. The number of halogens is 3. The van der Waals surface area contributed by atoms with Crippen LogP contribution in [0.4, 0.5) is 4.39 Å². The Morgan fingerprint density at radius 1 is 1.25 bits per heavy atom. The molecule has 20 heavy (non-hydrogen) atoms. The molecule has 1 fully saturated rings. The maximum absolute atomic E-state index is 13.0. The van der Waals surface area contributed by atoms with Crippen LogP contribution in [0.1, 0.15) is 24.9 Å². The highest BCUT2D eigenvalue weighted by molar-refractivity contribution is 5.85. The Morgan fingerprint density at radius 2 is 1.80 bits per heavy atom. The third kappa shape index (κ3) is 5.41. The molecule has 0 radical (unpaired) electrons. The number of nitrogens with one attached hydrogen (secondary N) is 1. The molecule has 0 unspecified atom stereocenters. The van der Waals surface area contributed by atoms with Crippen LogP contribution in [-0.4, -0.2) is 31.1 Å². The van der Waals surface area contributed by atoms with Crippen molar-refractivity contribution in [2.24, 2.45) is 0 Å². The molecule has 1 aromatic rings. The van der Waals surface area contributed by atoms with Gasteiger partial charge in [-0.05, 0) is 31.0 Å². The van der Waals surface area contributed by atoms with E-state index in [4.69, 9.17) is 0 Å². The molecule has 1 aliphatic rings. The molecule has 1 saturated heterocycles. The van der Waals surface area contributed by atoms with Crippen molar-refractivity contribution in [1.82, 2.24) is 10.2 Å². The van der Waals surface area contributed by atoms with Crippen LogP contribution in [0.2, 0.25) is 0 Å². The van der Waals surface area contributed by atoms with Crippen LogP contribution in [0.5, 0.6) is 0 Å². The topological polar surface area (TPSA) is 15.3 Å². The van der Waals surface area contributed by atoms with Gasteiger partial charge in [0.15, 0.2) is 0 Å². The molecule has 0 aliphatic carbocycles. The highest BCUT2D eigenvalue weighted by atomic mass is 35.5. The quantitative estimate of drug-likeness (QED) is 0.853. The summed E-state index contributed by atoms with van der Waals surface area (Å²) < 4.78 is 13.0. The van der Waals surface area contributed by atoms with Gasteiger partial charge in [0.1, 0.15) is 5.82 Å². The van der Waals surface area contributed by atoms with Gasteiger partial charge in [0.05, 0.1) is 0 Å². The van der Waals surface area contributed by atoms with Gasteiger partial charge in [-0.15, -0.1) is 31.4 Å². The van der Waals surface area contributed by atoms with Crippen molar-refractivity contribution in [1.29, 1.82) is 0 Å². The lowest BCUT2D eigenvalue weighted by Crippen LogP contribution is -2.45. The Bertz CT molecular complexity index is 403. The normalized spacial score (nSPS) is 16.7. The molecule has 5 heteroatoms. The Kier molecular flexibility index (Phi) is 9.06. The summed E-state index contributed by atoms with van der Waals surface area (Å²) >= 11 is 0. The Labute approximate surface area is 133 Å². The summed E-state index contributed by atoms with van der Waals surface area (Å²) in [6, 6.07) is 7.20. The lowest BCUT2D eigenvalue weighted by Gasteiger charge is -2.35. The highest BCUT2D eigenvalue weighted by Gasteiger charge is 2.21. The number of benzene rings is 1. The average molecular weight is 321 g/mol. The molecular formula is C15H23Cl2FN2. The minimum absolute atomic E-state index is 0. The largest absolute Gasteiger partial charge is 0.314 e. The van der Waals surface area contributed by atoms with E-state index in [1.54, 1.807) is 12.1 Å². The second-order valence-corrected chi connectivity index (χ2v) is 5.01. The van der Waals surface area contributed by atoms with Crippen molar-refractivity contribution in [3.05, 3.63) is 47.8 Å². The van der Waals surface area contributed by atoms with Gasteiger partial charge in [0.2, 0.25) is 0 Å². The summed E-state index contributed by atoms with van der Waals surface area (Å²) in [6.45, 7) is 10.2. The first-order chi connectivity index (χ1) is 8.66. The maximum Gasteiger partial charge on any atom is 0.123 e. The highest BCUT2D eigenvalue weighted by Crippen LogP contribution is 2.27. The zero-order valence-electron chi connectivity index (χ0n) is 11.8. The fourth-order valence-corrected chi connectivity index (χ4v) is 2.47. The summed E-state index contributed by atoms with van der Waals surface area (Å²) in [6.07, 6.45) is 0.936. The zero-order chi connectivity index (χ0) is 13.0. The smallest absolute Gasteiger partial charge is 0.123 e. The monoisotopic (exact) mass is 320 g/mol. The van der Waals surface area contributed by atoms with E-state index in [1.807, 2.05) is 12.1 Å². The van der Waals surface area contributed by atoms with E-state index in [0.29, 0.717) is 6.04 Å². The van der Waals surface area contributed by atoms with Crippen LogP contribution in [0.25, 0.3) is 0 Å². The van der Waals surface area contributed by atoms with E-state index in [0.717, 1.165) is 32.6 Å². The molecule has 0 saturated carbocycles. The van der Waals surface area contributed by atoms with Gasteiger partial charge in [-0.3, -0.25) is 4.90 Å². The van der Waals surface area contributed by atoms with Crippen LogP contribution in [0.3, 0.4) is 0 Å². The fourth-order valence-electron chi connectivity index (χ4n) is 2.47. The molecule has 2 nitrogen and oxygen atoms in total. The number of hydrogen-bond donors (Lipinski definition) is 1. The van der Waals surface area contributed by atoms with E-state index in [9.17, 15) is 4.39 Å². The molecule has 0 aromatic heterocycles. The molecule has 1 aliphatic heterocycles. The van der Waals surface area contributed by atoms with Gasteiger partial charge in [-0.2, -0.15) is 0 Å². The minimum Gasteiger partial charge on any atom is -0.314 e. The molecule has 114 valence electrons. The van der Waals surface area contributed by atoms with Gasteiger partial charge < -0.3 is 5.32 Å². The summed E-state index contributed by atoms with van der Waals surface area (Å²) in [5, 5.41) is 3.36. The Hall–Kier alpha value is -0.610. The van der Waals surface area contributed by atoms with Crippen molar-refractivity contribution in [3.63, 3.8) is 0 Å². The second kappa shape index (κ2) is 9.35. The average Bonchev–Trinajstić information content (AvgIpc) is 2.38. The Balaban J connectivity index is 0.00000180. The van der Waals surface area contributed by atoms with E-state index in [-0.39, 0.29) is 30.6 Å². The molecule has 0 amide bonds. The van der Waals surface area contributed by atoms with Gasteiger partial charge in [-0.1, -0.05) is 17.7 Å². The molecular weight excluding hydrogens is 298 g/mol. The SMILES string of the molecule is C=C(C)C[C@H](c1ccc(F)cc1)N1CCNCC1.Cl.Cl. The van der Waals surface area contributed by atoms with Crippen molar-refractivity contribution < 1.29 is 4.39 Å². The van der Waals surface area contributed by atoms with Gasteiger partial charge in [0, 0.05) is 32.2 Å². The van der Waals surface area contributed by atoms with Crippen LogP contribution >= 0.6 is 24.8 Å². The van der Waals surface area contributed by atoms with Gasteiger partial charge in [0.25, 0.3) is 0 Å². The molecule has 1 atom stereocenters. The van der Waals surface area contributed by atoms with Crippen molar-refractivity contribution in [2.75, 3.05) is 26.2 Å². The second-order valence-electron chi connectivity index (χ2n) is 5.01.